The molecule has 1 rings (SSSR count). The number of nitrogens with one attached hydrogen (secondary N) is 1. The van der Waals surface area contributed by atoms with Crippen molar-refractivity contribution in [3.8, 4) is 0 Å². The Balaban J connectivity index is 2.15. The number of carboxylic acids is 1. The van der Waals surface area contributed by atoms with Crippen LogP contribution < -0.4 is 5.32 Å². The maximum atomic E-state index is 11.3. The maximum absolute atomic E-state index is 11.3. The molecule has 98 valence electrons. The summed E-state index contributed by atoms with van der Waals surface area (Å²) in [4.78, 5) is 21.9. The van der Waals surface area contributed by atoms with Crippen LogP contribution in [0.15, 0.2) is 0 Å². The van der Waals surface area contributed by atoms with Crippen molar-refractivity contribution >= 4 is 11.9 Å². The summed E-state index contributed by atoms with van der Waals surface area (Å²) in [6.45, 7) is 4.06. The van der Waals surface area contributed by atoms with E-state index in [0.717, 1.165) is 0 Å². The van der Waals surface area contributed by atoms with E-state index in [4.69, 9.17) is 14.6 Å². The molecular weight excluding hydrogens is 226 g/mol. The summed E-state index contributed by atoms with van der Waals surface area (Å²) in [5, 5.41) is 11.4. The summed E-state index contributed by atoms with van der Waals surface area (Å²) in [7, 11) is 0. The molecule has 0 radical (unpaired) electrons. The predicted octanol–water partition coefficient (Wildman–Crippen LogP) is 0.160. The second-order valence-corrected chi connectivity index (χ2v) is 4.33. The number of aliphatic carboxylic acids is 1. The lowest BCUT2D eigenvalue weighted by Crippen LogP contribution is -2.35. The lowest BCUT2D eigenvalue weighted by atomic mass is 10.2. The molecule has 0 aliphatic carbocycles. The summed E-state index contributed by atoms with van der Waals surface area (Å²) >= 11 is 0. The van der Waals surface area contributed by atoms with E-state index in [0.29, 0.717) is 19.4 Å². The second-order valence-electron chi connectivity index (χ2n) is 4.33. The Morgan fingerprint density at radius 3 is 2.71 bits per heavy atom. The number of amides is 1. The Morgan fingerprint density at radius 2 is 2.18 bits per heavy atom. The van der Waals surface area contributed by atoms with Crippen LogP contribution in [0.4, 0.5) is 0 Å². The van der Waals surface area contributed by atoms with Crippen molar-refractivity contribution in [1.82, 2.24) is 5.32 Å². The quantitative estimate of drug-likeness (QED) is 0.696. The molecule has 1 aliphatic heterocycles. The fraction of sp³-hybridized carbons (Fsp3) is 0.818. The van der Waals surface area contributed by atoms with Gasteiger partial charge in [0.25, 0.3) is 0 Å². The number of carboxylic acid groups (broad SMARTS) is 1. The first kappa shape index (κ1) is 13.9. The Labute approximate surface area is 100 Å². The van der Waals surface area contributed by atoms with Gasteiger partial charge in [0.2, 0.25) is 5.91 Å². The molecule has 0 spiro atoms. The van der Waals surface area contributed by atoms with E-state index in [1.165, 1.54) is 0 Å². The average Bonchev–Trinajstić information content (AvgIpc) is 2.72. The Kier molecular flexibility index (Phi) is 5.37. The van der Waals surface area contributed by atoms with Crippen molar-refractivity contribution in [2.45, 2.75) is 45.0 Å². The summed E-state index contributed by atoms with van der Waals surface area (Å²) < 4.78 is 10.4. The van der Waals surface area contributed by atoms with Gasteiger partial charge in [-0.25, -0.2) is 4.79 Å². The molecule has 0 bridgehead atoms. The highest BCUT2D eigenvalue weighted by atomic mass is 16.5. The van der Waals surface area contributed by atoms with Crippen molar-refractivity contribution in [3.63, 3.8) is 0 Å². The fourth-order valence-electron chi connectivity index (χ4n) is 1.56. The standard InChI is InChI=1S/C11H19NO5/c1-7(2)16-6-10(13)12-5-8-3-4-9(17-8)11(14)15/h7-9H,3-6H2,1-2H3,(H,12,13)(H,14,15). The van der Waals surface area contributed by atoms with Crippen LogP contribution in [0.5, 0.6) is 0 Å². The summed E-state index contributed by atoms with van der Waals surface area (Å²) in [6.07, 6.45) is 0.225. The van der Waals surface area contributed by atoms with Gasteiger partial charge in [0.05, 0.1) is 12.2 Å². The first-order valence-corrected chi connectivity index (χ1v) is 5.75. The van der Waals surface area contributed by atoms with Gasteiger partial charge in [-0.1, -0.05) is 0 Å². The Hall–Kier alpha value is -1.14. The zero-order valence-electron chi connectivity index (χ0n) is 10.1. The molecule has 0 aromatic carbocycles. The molecule has 1 amide bonds. The van der Waals surface area contributed by atoms with Gasteiger partial charge in [-0.2, -0.15) is 0 Å². The van der Waals surface area contributed by atoms with Crippen LogP contribution in [-0.2, 0) is 19.1 Å². The number of carbonyl (C=O) groups excluding carboxylic acids is 1. The molecule has 1 fully saturated rings. The molecule has 17 heavy (non-hydrogen) atoms. The van der Waals surface area contributed by atoms with Crippen LogP contribution >= 0.6 is 0 Å². The third kappa shape index (κ3) is 5.14. The lowest BCUT2D eigenvalue weighted by molar-refractivity contribution is -0.149. The third-order valence-electron chi connectivity index (χ3n) is 2.46. The second kappa shape index (κ2) is 6.56. The van der Waals surface area contributed by atoms with Crippen LogP contribution in [0.1, 0.15) is 26.7 Å². The summed E-state index contributed by atoms with van der Waals surface area (Å²) in [5.41, 5.74) is 0. The molecule has 6 nitrogen and oxygen atoms in total. The highest BCUT2D eigenvalue weighted by Crippen LogP contribution is 2.19. The van der Waals surface area contributed by atoms with Crippen LogP contribution in [0.3, 0.4) is 0 Å². The lowest BCUT2D eigenvalue weighted by Gasteiger charge is -2.13. The van der Waals surface area contributed by atoms with Crippen LogP contribution in [0.2, 0.25) is 0 Å². The zero-order valence-corrected chi connectivity index (χ0v) is 10.1. The predicted molar refractivity (Wildman–Crippen MR) is 59.6 cm³/mol. The van der Waals surface area contributed by atoms with E-state index >= 15 is 0 Å². The number of ether oxygens (including phenoxy) is 2. The molecule has 0 saturated carbocycles. The normalized spacial score (nSPS) is 23.9. The highest BCUT2D eigenvalue weighted by molar-refractivity contribution is 5.77. The number of rotatable bonds is 6. The first-order valence-electron chi connectivity index (χ1n) is 5.75. The number of hydrogen-bond acceptors (Lipinski definition) is 4. The zero-order chi connectivity index (χ0) is 12.8. The van der Waals surface area contributed by atoms with Crippen molar-refractivity contribution in [1.29, 1.82) is 0 Å². The van der Waals surface area contributed by atoms with Gasteiger partial charge in [0, 0.05) is 6.54 Å². The fourth-order valence-corrected chi connectivity index (χ4v) is 1.56. The van der Waals surface area contributed by atoms with Crippen LogP contribution in [0, 0.1) is 0 Å². The van der Waals surface area contributed by atoms with Crippen molar-refractivity contribution in [2.24, 2.45) is 0 Å². The van der Waals surface area contributed by atoms with Gasteiger partial charge in [-0.3, -0.25) is 4.79 Å². The highest BCUT2D eigenvalue weighted by Gasteiger charge is 2.30. The van der Waals surface area contributed by atoms with E-state index in [1.807, 2.05) is 13.8 Å². The molecular formula is C11H19NO5. The maximum Gasteiger partial charge on any atom is 0.332 e. The van der Waals surface area contributed by atoms with Gasteiger partial charge < -0.3 is 19.9 Å². The minimum atomic E-state index is -0.943. The van der Waals surface area contributed by atoms with Gasteiger partial charge in [0.15, 0.2) is 6.10 Å². The van der Waals surface area contributed by atoms with E-state index in [-0.39, 0.29) is 24.7 Å². The first-order chi connectivity index (χ1) is 7.99. The Morgan fingerprint density at radius 1 is 1.47 bits per heavy atom. The van der Waals surface area contributed by atoms with Gasteiger partial charge in [-0.05, 0) is 26.7 Å². The van der Waals surface area contributed by atoms with Crippen LogP contribution in [-0.4, -0.2) is 48.4 Å². The monoisotopic (exact) mass is 245 g/mol. The molecule has 6 heteroatoms. The van der Waals surface area contributed by atoms with E-state index < -0.39 is 12.1 Å². The minimum Gasteiger partial charge on any atom is -0.479 e. The minimum absolute atomic E-state index is 0.0138. The molecule has 1 aliphatic rings. The van der Waals surface area contributed by atoms with Crippen molar-refractivity contribution in [3.05, 3.63) is 0 Å². The molecule has 1 saturated heterocycles. The topological polar surface area (TPSA) is 84.9 Å². The molecule has 2 atom stereocenters. The third-order valence-corrected chi connectivity index (χ3v) is 2.46. The smallest absolute Gasteiger partial charge is 0.332 e. The molecule has 1 heterocycles. The molecule has 2 unspecified atom stereocenters. The van der Waals surface area contributed by atoms with E-state index in [1.54, 1.807) is 0 Å². The van der Waals surface area contributed by atoms with E-state index in [9.17, 15) is 9.59 Å². The van der Waals surface area contributed by atoms with Crippen molar-refractivity contribution < 1.29 is 24.2 Å². The Bertz CT molecular complexity index is 279. The molecule has 0 aromatic heterocycles. The van der Waals surface area contributed by atoms with Crippen molar-refractivity contribution in [2.75, 3.05) is 13.2 Å². The average molecular weight is 245 g/mol. The largest absolute Gasteiger partial charge is 0.479 e. The summed E-state index contributed by atoms with van der Waals surface area (Å²) in [6, 6.07) is 0. The number of carbonyl (C=O) groups is 2. The van der Waals surface area contributed by atoms with Gasteiger partial charge in [-0.15, -0.1) is 0 Å². The van der Waals surface area contributed by atoms with Crippen LogP contribution in [0.25, 0.3) is 0 Å². The van der Waals surface area contributed by atoms with Gasteiger partial charge >= 0.3 is 5.97 Å². The van der Waals surface area contributed by atoms with Gasteiger partial charge in [0.1, 0.15) is 6.61 Å². The van der Waals surface area contributed by atoms with E-state index in [2.05, 4.69) is 5.32 Å². The molecule has 0 aromatic rings. The number of hydrogen-bond donors (Lipinski definition) is 2. The SMILES string of the molecule is CC(C)OCC(=O)NCC1CCC(C(=O)O)O1. The summed E-state index contributed by atoms with van der Waals surface area (Å²) in [5.74, 6) is -1.15. The molecule has 2 N–H and O–H groups in total.